The highest BCUT2D eigenvalue weighted by molar-refractivity contribution is 6.09. The maximum atomic E-state index is 12.6. The first kappa shape index (κ1) is 15.1. The van der Waals surface area contributed by atoms with Crippen molar-refractivity contribution in [3.05, 3.63) is 23.8 Å². The number of nitrogens with zero attached hydrogens (tertiary/aromatic N) is 1. The van der Waals surface area contributed by atoms with Gasteiger partial charge in [-0.2, -0.15) is 0 Å². The highest BCUT2D eigenvalue weighted by Crippen LogP contribution is 2.36. The summed E-state index contributed by atoms with van der Waals surface area (Å²) in [5.74, 6) is 0.229. The number of urea groups is 1. The average molecular weight is 319 g/mol. The maximum Gasteiger partial charge on any atom is 0.325 e. The van der Waals surface area contributed by atoms with Gasteiger partial charge in [-0.3, -0.25) is 14.5 Å². The summed E-state index contributed by atoms with van der Waals surface area (Å²) in [6.07, 6.45) is 0. The molecule has 1 atom stereocenters. The molecule has 0 bridgehead atoms. The van der Waals surface area contributed by atoms with Gasteiger partial charge in [0, 0.05) is 7.05 Å². The van der Waals surface area contributed by atoms with Gasteiger partial charge < -0.3 is 20.1 Å². The molecule has 2 N–H and O–H groups in total. The van der Waals surface area contributed by atoms with Crippen molar-refractivity contribution in [1.82, 2.24) is 15.5 Å². The molecule has 1 aromatic rings. The third-order valence-electron chi connectivity index (χ3n) is 3.98. The summed E-state index contributed by atoms with van der Waals surface area (Å²) >= 11 is 0. The molecule has 1 fully saturated rings. The van der Waals surface area contributed by atoms with Gasteiger partial charge in [0.25, 0.3) is 5.91 Å². The van der Waals surface area contributed by atoms with Gasteiger partial charge in [0.05, 0.1) is 0 Å². The van der Waals surface area contributed by atoms with Crippen LogP contribution in [0.25, 0.3) is 0 Å². The van der Waals surface area contributed by atoms with Crippen LogP contribution in [0.2, 0.25) is 0 Å². The SMILES string of the molecule is CNC(=O)CN1C(=O)N[C@](C)(c2ccc3c(c2)OCCO3)C1=O. The highest BCUT2D eigenvalue weighted by atomic mass is 16.6. The first-order chi connectivity index (χ1) is 11.0. The van der Waals surface area contributed by atoms with Crippen molar-refractivity contribution in [1.29, 1.82) is 0 Å². The normalized spacial score (nSPS) is 22.8. The Bertz CT molecular complexity index is 690. The lowest BCUT2D eigenvalue weighted by atomic mass is 9.91. The van der Waals surface area contributed by atoms with E-state index in [1.54, 1.807) is 25.1 Å². The van der Waals surface area contributed by atoms with Crippen LogP contribution in [0.5, 0.6) is 11.5 Å². The molecule has 2 aliphatic rings. The van der Waals surface area contributed by atoms with E-state index in [1.807, 2.05) is 0 Å². The molecule has 1 saturated heterocycles. The third kappa shape index (κ3) is 2.45. The molecule has 0 unspecified atom stereocenters. The van der Waals surface area contributed by atoms with Crippen molar-refractivity contribution in [2.24, 2.45) is 0 Å². The number of likely N-dealkylation sites (N-methyl/N-ethyl adjacent to an activating group) is 1. The van der Waals surface area contributed by atoms with E-state index in [0.717, 1.165) is 4.90 Å². The molecular formula is C15H17N3O5. The van der Waals surface area contributed by atoms with Crippen molar-refractivity contribution in [3.8, 4) is 11.5 Å². The number of ether oxygens (including phenoxy) is 2. The van der Waals surface area contributed by atoms with Gasteiger partial charge in [0.15, 0.2) is 11.5 Å². The topological polar surface area (TPSA) is 97.0 Å². The van der Waals surface area contributed by atoms with Gasteiger partial charge in [-0.25, -0.2) is 4.79 Å². The van der Waals surface area contributed by atoms with Crippen LogP contribution in [0, 0.1) is 0 Å². The zero-order chi connectivity index (χ0) is 16.6. The number of carbonyl (C=O) groups excluding carboxylic acids is 3. The van der Waals surface area contributed by atoms with E-state index >= 15 is 0 Å². The number of rotatable bonds is 3. The van der Waals surface area contributed by atoms with Gasteiger partial charge >= 0.3 is 6.03 Å². The van der Waals surface area contributed by atoms with Gasteiger partial charge in [0.1, 0.15) is 25.3 Å². The van der Waals surface area contributed by atoms with Crippen molar-refractivity contribution >= 4 is 17.8 Å². The van der Waals surface area contributed by atoms with Crippen molar-refractivity contribution in [2.75, 3.05) is 26.8 Å². The Kier molecular flexibility index (Phi) is 3.59. The number of benzene rings is 1. The first-order valence-electron chi connectivity index (χ1n) is 7.20. The van der Waals surface area contributed by atoms with Gasteiger partial charge in [-0.1, -0.05) is 6.07 Å². The minimum absolute atomic E-state index is 0.318. The summed E-state index contributed by atoms with van der Waals surface area (Å²) in [6.45, 7) is 2.18. The lowest BCUT2D eigenvalue weighted by Gasteiger charge is -2.25. The molecule has 0 radical (unpaired) electrons. The maximum absolute atomic E-state index is 12.6. The van der Waals surface area contributed by atoms with Crippen LogP contribution in [-0.2, 0) is 15.1 Å². The fourth-order valence-electron chi connectivity index (χ4n) is 2.61. The Balaban J connectivity index is 1.91. The first-order valence-corrected chi connectivity index (χ1v) is 7.20. The molecule has 8 nitrogen and oxygen atoms in total. The fraction of sp³-hybridized carbons (Fsp3) is 0.400. The van der Waals surface area contributed by atoms with Crippen molar-refractivity contribution in [2.45, 2.75) is 12.5 Å². The van der Waals surface area contributed by atoms with Crippen LogP contribution in [-0.4, -0.2) is 49.6 Å². The summed E-state index contributed by atoms with van der Waals surface area (Å²) in [5.41, 5.74) is -0.680. The van der Waals surface area contributed by atoms with Crippen LogP contribution in [0.4, 0.5) is 4.79 Å². The van der Waals surface area contributed by atoms with E-state index in [2.05, 4.69) is 10.6 Å². The van der Waals surface area contributed by atoms with Crippen molar-refractivity contribution < 1.29 is 23.9 Å². The predicted molar refractivity (Wildman–Crippen MR) is 79.1 cm³/mol. The van der Waals surface area contributed by atoms with E-state index in [1.165, 1.54) is 7.05 Å². The summed E-state index contributed by atoms with van der Waals surface area (Å²) < 4.78 is 11.0. The molecule has 2 aliphatic heterocycles. The molecule has 8 heteroatoms. The van der Waals surface area contributed by atoms with Gasteiger partial charge in [-0.05, 0) is 24.6 Å². The number of nitrogens with one attached hydrogen (secondary N) is 2. The summed E-state index contributed by atoms with van der Waals surface area (Å²) in [4.78, 5) is 37.1. The lowest BCUT2D eigenvalue weighted by Crippen LogP contribution is -2.42. The van der Waals surface area contributed by atoms with Crippen LogP contribution in [0.3, 0.4) is 0 Å². The quantitative estimate of drug-likeness (QED) is 0.763. The van der Waals surface area contributed by atoms with E-state index in [-0.39, 0.29) is 6.54 Å². The molecule has 0 aromatic heterocycles. The minimum Gasteiger partial charge on any atom is -0.486 e. The van der Waals surface area contributed by atoms with Crippen LogP contribution in [0.1, 0.15) is 12.5 Å². The summed E-state index contributed by atoms with van der Waals surface area (Å²) in [7, 11) is 1.45. The Morgan fingerprint density at radius 2 is 2.00 bits per heavy atom. The number of hydrogen-bond donors (Lipinski definition) is 2. The number of carbonyl (C=O) groups is 3. The monoisotopic (exact) mass is 319 g/mol. The lowest BCUT2D eigenvalue weighted by molar-refractivity contribution is -0.134. The van der Waals surface area contributed by atoms with E-state index in [9.17, 15) is 14.4 Å². The molecule has 3 rings (SSSR count). The Morgan fingerprint density at radius 1 is 1.30 bits per heavy atom. The summed E-state index contributed by atoms with van der Waals surface area (Å²) in [6, 6.07) is 4.48. The molecule has 0 aliphatic carbocycles. The number of hydrogen-bond acceptors (Lipinski definition) is 5. The second kappa shape index (κ2) is 5.45. The number of imide groups is 1. The van der Waals surface area contributed by atoms with E-state index < -0.39 is 23.4 Å². The molecule has 23 heavy (non-hydrogen) atoms. The molecule has 4 amide bonds. The smallest absolute Gasteiger partial charge is 0.325 e. The molecule has 2 heterocycles. The molecule has 122 valence electrons. The molecule has 0 spiro atoms. The second-order valence-electron chi connectivity index (χ2n) is 5.48. The Morgan fingerprint density at radius 3 is 2.70 bits per heavy atom. The molecule has 0 saturated carbocycles. The van der Waals surface area contributed by atoms with E-state index in [0.29, 0.717) is 30.3 Å². The third-order valence-corrected chi connectivity index (χ3v) is 3.98. The van der Waals surface area contributed by atoms with E-state index in [4.69, 9.17) is 9.47 Å². The highest BCUT2D eigenvalue weighted by Gasteiger charge is 2.49. The second-order valence-corrected chi connectivity index (χ2v) is 5.48. The van der Waals surface area contributed by atoms with Crippen molar-refractivity contribution in [3.63, 3.8) is 0 Å². The standard InChI is InChI=1S/C15H17N3O5/c1-15(9-3-4-10-11(7-9)23-6-5-22-10)13(20)18(14(21)17-15)8-12(19)16-2/h3-4,7H,5-6,8H2,1-2H3,(H,16,19)(H,17,21)/t15-/m1/s1. The Labute approximate surface area is 132 Å². The van der Waals surface area contributed by atoms with Gasteiger partial charge in [-0.15, -0.1) is 0 Å². The predicted octanol–water partition coefficient (Wildman–Crippen LogP) is -0.0292. The average Bonchev–Trinajstić information content (AvgIpc) is 2.78. The minimum atomic E-state index is -1.25. The zero-order valence-corrected chi connectivity index (χ0v) is 12.8. The summed E-state index contributed by atoms with van der Waals surface area (Å²) in [5, 5.41) is 5.04. The van der Waals surface area contributed by atoms with Gasteiger partial charge in [0.2, 0.25) is 5.91 Å². The van der Waals surface area contributed by atoms with Crippen LogP contribution in [0.15, 0.2) is 18.2 Å². The number of fused-ring (bicyclic) bond motifs is 1. The van der Waals surface area contributed by atoms with Crippen LogP contribution >= 0.6 is 0 Å². The Hall–Kier alpha value is -2.77. The number of amides is 4. The molecule has 1 aromatic carbocycles. The fourth-order valence-corrected chi connectivity index (χ4v) is 2.61. The van der Waals surface area contributed by atoms with Crippen LogP contribution < -0.4 is 20.1 Å². The molecular weight excluding hydrogens is 302 g/mol. The largest absolute Gasteiger partial charge is 0.486 e. The zero-order valence-electron chi connectivity index (χ0n) is 12.8.